The number of rotatable bonds is 4. The Kier molecular flexibility index (Phi) is 7.43. The second-order valence-corrected chi connectivity index (χ2v) is 6.84. The van der Waals surface area contributed by atoms with Gasteiger partial charge in [-0.3, -0.25) is 10.9 Å². The molecule has 0 heterocycles. The maximum absolute atomic E-state index is 5.87. The van der Waals surface area contributed by atoms with Gasteiger partial charge in [-0.15, -0.1) is 0 Å². The van der Waals surface area contributed by atoms with E-state index in [4.69, 9.17) is 36.0 Å². The Morgan fingerprint density at radius 3 is 2.36 bits per heavy atom. The molecule has 2 aromatic carbocycles. The van der Waals surface area contributed by atoms with Crippen LogP contribution in [0.4, 0.5) is 5.69 Å². The summed E-state index contributed by atoms with van der Waals surface area (Å²) < 4.78 is 0. The summed E-state index contributed by atoms with van der Waals surface area (Å²) in [5.41, 5.74) is 10.3. The summed E-state index contributed by atoms with van der Waals surface area (Å²) in [4.78, 5) is 0. The Labute approximate surface area is 164 Å². The summed E-state index contributed by atoms with van der Waals surface area (Å²) >= 11 is 16.4. The van der Waals surface area contributed by atoms with Crippen molar-refractivity contribution < 1.29 is 0 Å². The van der Waals surface area contributed by atoms with Crippen molar-refractivity contribution in [2.75, 3.05) is 11.9 Å². The fraction of sp³-hybridized carbons (Fsp3) is 0.222. The molecule has 0 atom stereocenters. The zero-order valence-electron chi connectivity index (χ0n) is 14.2. The van der Waals surface area contributed by atoms with Crippen LogP contribution in [0.15, 0.2) is 42.5 Å². The predicted molar refractivity (Wildman–Crippen MR) is 114 cm³/mol. The monoisotopic (exact) mass is 392 g/mol. The lowest BCUT2D eigenvalue weighted by atomic mass is 10.1. The molecular weight excluding hydrogens is 372 g/mol. The molecule has 0 fully saturated rings. The molecule has 0 aromatic heterocycles. The zero-order chi connectivity index (χ0) is 18.2. The van der Waals surface area contributed by atoms with Crippen molar-refractivity contribution in [2.45, 2.75) is 20.3 Å². The third-order valence-corrected chi connectivity index (χ3v) is 4.46. The fourth-order valence-corrected chi connectivity index (χ4v) is 2.61. The van der Waals surface area contributed by atoms with Crippen LogP contribution in [0, 0.1) is 13.8 Å². The first kappa shape index (κ1) is 19.4. The molecule has 4 nitrogen and oxygen atoms in total. The van der Waals surface area contributed by atoms with Crippen molar-refractivity contribution in [1.29, 1.82) is 0 Å². The van der Waals surface area contributed by atoms with E-state index in [9.17, 15) is 0 Å². The minimum absolute atomic E-state index is 0.454. The van der Waals surface area contributed by atoms with Gasteiger partial charge in [0.15, 0.2) is 10.2 Å². The molecule has 0 aliphatic carbocycles. The summed E-state index contributed by atoms with van der Waals surface area (Å²) in [6, 6.07) is 13.8. The number of anilines is 1. The first-order chi connectivity index (χ1) is 12.0. The number of hydrazine groups is 1. The highest BCUT2D eigenvalue weighted by atomic mass is 35.5. The van der Waals surface area contributed by atoms with Crippen LogP contribution in [0.5, 0.6) is 0 Å². The van der Waals surface area contributed by atoms with Crippen LogP contribution < -0.4 is 21.5 Å². The van der Waals surface area contributed by atoms with E-state index in [-0.39, 0.29) is 0 Å². The van der Waals surface area contributed by atoms with Crippen LogP contribution in [-0.4, -0.2) is 16.8 Å². The Morgan fingerprint density at radius 2 is 1.64 bits per heavy atom. The van der Waals surface area contributed by atoms with Gasteiger partial charge in [-0.05, 0) is 79.6 Å². The minimum atomic E-state index is 0.454. The van der Waals surface area contributed by atoms with E-state index in [2.05, 4.69) is 41.4 Å². The molecule has 25 heavy (non-hydrogen) atoms. The number of aryl methyl sites for hydroxylation is 1. The Morgan fingerprint density at radius 1 is 0.960 bits per heavy atom. The van der Waals surface area contributed by atoms with E-state index in [0.29, 0.717) is 16.8 Å². The molecular formula is C18H21ClN4S2. The third kappa shape index (κ3) is 6.49. The maximum atomic E-state index is 5.87. The van der Waals surface area contributed by atoms with Gasteiger partial charge in [-0.2, -0.15) is 0 Å². The first-order valence-electron chi connectivity index (χ1n) is 7.87. The van der Waals surface area contributed by atoms with Crippen molar-refractivity contribution in [3.05, 3.63) is 64.2 Å². The van der Waals surface area contributed by atoms with Gasteiger partial charge in [0.2, 0.25) is 0 Å². The van der Waals surface area contributed by atoms with Crippen LogP contribution in [-0.2, 0) is 6.42 Å². The van der Waals surface area contributed by atoms with Crippen molar-refractivity contribution >= 4 is 51.9 Å². The number of halogens is 1. The zero-order valence-corrected chi connectivity index (χ0v) is 16.5. The normalized spacial score (nSPS) is 10.0. The summed E-state index contributed by atoms with van der Waals surface area (Å²) in [6.07, 6.45) is 0.851. The van der Waals surface area contributed by atoms with Crippen LogP contribution in [0.2, 0.25) is 5.02 Å². The molecule has 0 radical (unpaired) electrons. The van der Waals surface area contributed by atoms with Crippen LogP contribution in [0.25, 0.3) is 0 Å². The lowest BCUT2D eigenvalue weighted by Gasteiger charge is -2.16. The molecule has 0 bridgehead atoms. The molecule has 0 unspecified atom stereocenters. The minimum Gasteiger partial charge on any atom is -0.361 e. The van der Waals surface area contributed by atoms with E-state index >= 15 is 0 Å². The average Bonchev–Trinajstić information content (AvgIpc) is 2.59. The third-order valence-electron chi connectivity index (χ3n) is 3.75. The second-order valence-electron chi connectivity index (χ2n) is 5.58. The average molecular weight is 393 g/mol. The van der Waals surface area contributed by atoms with E-state index < -0.39 is 0 Å². The highest BCUT2D eigenvalue weighted by molar-refractivity contribution is 7.80. The van der Waals surface area contributed by atoms with Crippen LogP contribution in [0.3, 0.4) is 0 Å². The second kappa shape index (κ2) is 9.56. The summed E-state index contributed by atoms with van der Waals surface area (Å²) in [7, 11) is 0. The molecule has 0 saturated carbocycles. The first-order valence-corrected chi connectivity index (χ1v) is 9.06. The highest BCUT2D eigenvalue weighted by Gasteiger charge is 2.03. The summed E-state index contributed by atoms with van der Waals surface area (Å²) in [5, 5.41) is 7.95. The molecule has 4 N–H and O–H groups in total. The predicted octanol–water partition coefficient (Wildman–Crippen LogP) is 3.87. The molecule has 0 aliphatic rings. The molecule has 0 aliphatic heterocycles. The van der Waals surface area contributed by atoms with Crippen molar-refractivity contribution in [1.82, 2.24) is 16.2 Å². The van der Waals surface area contributed by atoms with Crippen LogP contribution >= 0.6 is 36.0 Å². The molecule has 132 valence electrons. The summed E-state index contributed by atoms with van der Waals surface area (Å²) in [6.45, 7) is 4.83. The van der Waals surface area contributed by atoms with E-state index in [1.165, 1.54) is 11.1 Å². The van der Waals surface area contributed by atoms with Crippen molar-refractivity contribution in [3.63, 3.8) is 0 Å². The number of hydrogen-bond donors (Lipinski definition) is 4. The number of thiocarbonyl (C=S) groups is 2. The largest absolute Gasteiger partial charge is 0.361 e. The molecule has 7 heteroatoms. The van der Waals surface area contributed by atoms with Crippen molar-refractivity contribution in [3.8, 4) is 0 Å². The number of hydrogen-bond acceptors (Lipinski definition) is 2. The van der Waals surface area contributed by atoms with Gasteiger partial charge in [0, 0.05) is 17.3 Å². The van der Waals surface area contributed by atoms with Gasteiger partial charge >= 0.3 is 0 Å². The van der Waals surface area contributed by atoms with Gasteiger partial charge in [0.05, 0.1) is 0 Å². The fourth-order valence-electron chi connectivity index (χ4n) is 2.17. The molecule has 2 rings (SSSR count). The lowest BCUT2D eigenvalue weighted by Crippen LogP contribution is -2.48. The van der Waals surface area contributed by atoms with Gasteiger partial charge in [-0.1, -0.05) is 35.9 Å². The van der Waals surface area contributed by atoms with Crippen LogP contribution in [0.1, 0.15) is 16.7 Å². The standard InChI is InChI=1S/C18H21ClN4S2/c1-12-4-3-5-16(13(12)2)21-18(25)23-22-17(24)20-11-10-14-6-8-15(19)9-7-14/h3-9H,10-11H2,1-2H3,(H2,20,22,24)(H2,21,23,25). The Balaban J connectivity index is 1.69. The Hall–Kier alpha value is -1.89. The molecule has 0 amide bonds. The lowest BCUT2D eigenvalue weighted by molar-refractivity contribution is 0.796. The number of nitrogens with one attached hydrogen (secondary N) is 4. The summed E-state index contributed by atoms with van der Waals surface area (Å²) in [5.74, 6) is 0. The molecule has 0 spiro atoms. The topological polar surface area (TPSA) is 48.1 Å². The molecule has 0 saturated heterocycles. The maximum Gasteiger partial charge on any atom is 0.189 e. The van der Waals surface area contributed by atoms with Crippen molar-refractivity contribution in [2.24, 2.45) is 0 Å². The van der Waals surface area contributed by atoms with Gasteiger partial charge in [-0.25, -0.2) is 0 Å². The van der Waals surface area contributed by atoms with E-state index in [1.807, 2.05) is 36.4 Å². The quantitative estimate of drug-likeness (QED) is 0.468. The number of benzene rings is 2. The Bertz CT molecular complexity index is 747. The SMILES string of the molecule is Cc1cccc(NC(=S)NNC(=S)NCCc2ccc(Cl)cc2)c1C. The van der Waals surface area contributed by atoms with Gasteiger partial charge < -0.3 is 10.6 Å². The molecule has 2 aromatic rings. The van der Waals surface area contributed by atoms with E-state index in [1.54, 1.807) is 0 Å². The van der Waals surface area contributed by atoms with Gasteiger partial charge in [0.1, 0.15) is 0 Å². The van der Waals surface area contributed by atoms with E-state index in [0.717, 1.165) is 22.7 Å². The van der Waals surface area contributed by atoms with Gasteiger partial charge in [0.25, 0.3) is 0 Å². The smallest absolute Gasteiger partial charge is 0.189 e. The highest BCUT2D eigenvalue weighted by Crippen LogP contribution is 2.17.